The number of hydrogen-bond donors (Lipinski definition) is 2. The highest BCUT2D eigenvalue weighted by molar-refractivity contribution is 5.95. The molecule has 2 aromatic carbocycles. The van der Waals surface area contributed by atoms with Crippen LogP contribution in [0.5, 0.6) is 0 Å². The molecular formula is C25H26N2O4. The third-order valence-corrected chi connectivity index (χ3v) is 6.53. The summed E-state index contributed by atoms with van der Waals surface area (Å²) in [5.41, 5.74) is 1.60. The van der Waals surface area contributed by atoms with Crippen LogP contribution in [-0.2, 0) is 4.79 Å². The molecule has 160 valence electrons. The molecule has 6 nitrogen and oxygen atoms in total. The largest absolute Gasteiger partial charge is 0.395 e. The summed E-state index contributed by atoms with van der Waals surface area (Å²) in [5.74, 6) is -0.155. The van der Waals surface area contributed by atoms with E-state index < -0.39 is 5.60 Å². The first-order valence-corrected chi connectivity index (χ1v) is 10.8. The van der Waals surface area contributed by atoms with Gasteiger partial charge in [-0.3, -0.25) is 9.59 Å². The van der Waals surface area contributed by atoms with Crippen molar-refractivity contribution in [3.8, 4) is 11.1 Å². The summed E-state index contributed by atoms with van der Waals surface area (Å²) < 4.78 is 0. The molecule has 2 amide bonds. The first kappa shape index (κ1) is 20.0. The minimum Gasteiger partial charge on any atom is -0.395 e. The summed E-state index contributed by atoms with van der Waals surface area (Å²) in [5, 5.41) is 21.6. The molecule has 3 aliphatic rings. The van der Waals surface area contributed by atoms with Gasteiger partial charge in [-0.1, -0.05) is 36.4 Å². The van der Waals surface area contributed by atoms with Crippen molar-refractivity contribution >= 4 is 24.0 Å². The molecule has 6 heteroatoms. The fourth-order valence-corrected chi connectivity index (χ4v) is 4.39. The summed E-state index contributed by atoms with van der Waals surface area (Å²) >= 11 is 0. The number of aliphatic hydroxyl groups excluding tert-OH is 1. The lowest BCUT2D eigenvalue weighted by atomic mass is 10.0. The van der Waals surface area contributed by atoms with E-state index >= 15 is 0 Å². The van der Waals surface area contributed by atoms with Crippen molar-refractivity contribution in [1.82, 2.24) is 9.80 Å². The molecule has 1 saturated heterocycles. The van der Waals surface area contributed by atoms with E-state index in [0.717, 1.165) is 21.6 Å². The second-order valence-electron chi connectivity index (χ2n) is 8.72. The van der Waals surface area contributed by atoms with E-state index in [1.165, 1.54) is 0 Å². The van der Waals surface area contributed by atoms with Crippen LogP contribution in [0, 0.1) is 5.92 Å². The van der Waals surface area contributed by atoms with Gasteiger partial charge in [-0.15, -0.1) is 0 Å². The van der Waals surface area contributed by atoms with Gasteiger partial charge in [0.2, 0.25) is 0 Å². The number of rotatable bonds is 4. The fraction of sp³-hybridized carbons (Fsp3) is 0.360. The Hall–Kier alpha value is -2.96. The predicted molar refractivity (Wildman–Crippen MR) is 117 cm³/mol. The summed E-state index contributed by atoms with van der Waals surface area (Å²) in [7, 11) is 0. The molecule has 1 heterocycles. The Bertz CT molecular complexity index is 1140. The van der Waals surface area contributed by atoms with E-state index in [9.17, 15) is 19.8 Å². The molecule has 0 aromatic heterocycles. The zero-order chi connectivity index (χ0) is 21.6. The molecule has 0 radical (unpaired) electrons. The lowest BCUT2D eigenvalue weighted by Crippen LogP contribution is -2.53. The molecule has 0 bridgehead atoms. The van der Waals surface area contributed by atoms with Gasteiger partial charge in [0.25, 0.3) is 11.8 Å². The number of benzene rings is 2. The first-order valence-electron chi connectivity index (χ1n) is 10.8. The highest BCUT2D eigenvalue weighted by atomic mass is 16.3. The molecule has 31 heavy (non-hydrogen) atoms. The molecule has 2 aromatic rings. The zero-order valence-corrected chi connectivity index (χ0v) is 17.3. The number of nitrogens with zero attached hydrogens (tertiary/aromatic N) is 2. The van der Waals surface area contributed by atoms with E-state index in [1.807, 2.05) is 24.3 Å². The van der Waals surface area contributed by atoms with E-state index in [1.54, 1.807) is 9.80 Å². The van der Waals surface area contributed by atoms with Crippen molar-refractivity contribution < 1.29 is 19.8 Å². The molecule has 0 spiro atoms. The van der Waals surface area contributed by atoms with Crippen LogP contribution < -0.4 is 10.4 Å². The van der Waals surface area contributed by atoms with Gasteiger partial charge >= 0.3 is 0 Å². The van der Waals surface area contributed by atoms with Crippen molar-refractivity contribution in [2.24, 2.45) is 5.92 Å². The van der Waals surface area contributed by atoms with Crippen LogP contribution in [0.25, 0.3) is 23.3 Å². The molecule has 2 N–H and O–H groups in total. The van der Waals surface area contributed by atoms with E-state index in [-0.39, 0.29) is 24.3 Å². The molecule has 1 unspecified atom stereocenters. The van der Waals surface area contributed by atoms with Gasteiger partial charge < -0.3 is 20.0 Å². The number of piperazine rings is 1. The summed E-state index contributed by atoms with van der Waals surface area (Å²) in [6, 6.07) is 13.9. The Morgan fingerprint density at radius 3 is 2.13 bits per heavy atom. The van der Waals surface area contributed by atoms with Crippen molar-refractivity contribution in [1.29, 1.82) is 0 Å². The van der Waals surface area contributed by atoms with Crippen molar-refractivity contribution in [2.45, 2.75) is 18.4 Å². The third kappa shape index (κ3) is 3.77. The Morgan fingerprint density at radius 1 is 0.871 bits per heavy atom. The number of carbonyl (C=O) groups is 2. The van der Waals surface area contributed by atoms with Crippen molar-refractivity contribution in [2.75, 3.05) is 32.8 Å². The van der Waals surface area contributed by atoms with Crippen LogP contribution in [0.15, 0.2) is 42.5 Å². The number of hydrogen-bond acceptors (Lipinski definition) is 4. The topological polar surface area (TPSA) is 81.1 Å². The van der Waals surface area contributed by atoms with Crippen LogP contribution in [0.1, 0.15) is 23.2 Å². The van der Waals surface area contributed by atoms with E-state index in [0.29, 0.717) is 44.6 Å². The molecule has 5 rings (SSSR count). The average molecular weight is 418 g/mol. The minimum absolute atomic E-state index is 0.0357. The molecule has 2 fully saturated rings. The quantitative estimate of drug-likeness (QED) is 0.751. The van der Waals surface area contributed by atoms with Crippen molar-refractivity contribution in [3.63, 3.8) is 0 Å². The molecule has 2 aliphatic carbocycles. The maximum atomic E-state index is 12.9. The Balaban J connectivity index is 1.25. The SMILES string of the molecule is O=C(c1ccc(-c2ccc3c(c2)=CC(CO)C=3)cc1)N1CCN(C(=O)C2(O)CC2)CC1. The van der Waals surface area contributed by atoms with Crippen LogP contribution in [-0.4, -0.2) is 70.2 Å². The van der Waals surface area contributed by atoms with Crippen LogP contribution >= 0.6 is 0 Å². The molecule has 1 atom stereocenters. The van der Waals surface area contributed by atoms with Gasteiger partial charge in [0.05, 0.1) is 6.61 Å². The van der Waals surface area contributed by atoms with Crippen LogP contribution in [0.4, 0.5) is 0 Å². The maximum Gasteiger partial charge on any atom is 0.254 e. The smallest absolute Gasteiger partial charge is 0.254 e. The fourth-order valence-electron chi connectivity index (χ4n) is 4.39. The van der Waals surface area contributed by atoms with E-state index in [2.05, 4.69) is 30.4 Å². The van der Waals surface area contributed by atoms with E-state index in [4.69, 9.17) is 0 Å². The van der Waals surface area contributed by atoms with Crippen LogP contribution in [0.3, 0.4) is 0 Å². The summed E-state index contributed by atoms with van der Waals surface area (Å²) in [4.78, 5) is 28.6. The Morgan fingerprint density at radius 2 is 1.48 bits per heavy atom. The lowest BCUT2D eigenvalue weighted by molar-refractivity contribution is -0.143. The number of aliphatic hydroxyl groups is 2. The van der Waals surface area contributed by atoms with Gasteiger partial charge in [0.15, 0.2) is 0 Å². The van der Waals surface area contributed by atoms with Crippen LogP contribution in [0.2, 0.25) is 0 Å². The Labute approximate surface area is 180 Å². The molecule has 1 saturated carbocycles. The second kappa shape index (κ2) is 7.62. The van der Waals surface area contributed by atoms with Gasteiger partial charge in [-0.2, -0.15) is 0 Å². The maximum absolute atomic E-state index is 12.9. The lowest BCUT2D eigenvalue weighted by Gasteiger charge is -2.35. The predicted octanol–water partition coefficient (Wildman–Crippen LogP) is 0.346. The van der Waals surface area contributed by atoms with Gasteiger partial charge in [0, 0.05) is 37.7 Å². The summed E-state index contributed by atoms with van der Waals surface area (Å²) in [6.45, 7) is 1.99. The second-order valence-corrected chi connectivity index (χ2v) is 8.72. The average Bonchev–Trinajstić information content (AvgIpc) is 3.43. The summed E-state index contributed by atoms with van der Waals surface area (Å²) in [6.07, 6.45) is 5.22. The number of carbonyl (C=O) groups excluding carboxylic acids is 2. The third-order valence-electron chi connectivity index (χ3n) is 6.53. The highest BCUT2D eigenvalue weighted by Crippen LogP contribution is 2.37. The Kier molecular flexibility index (Phi) is 4.91. The van der Waals surface area contributed by atoms with Gasteiger partial charge in [-0.05, 0) is 52.6 Å². The normalized spacial score (nSPS) is 21.2. The molecule has 1 aliphatic heterocycles. The van der Waals surface area contributed by atoms with Gasteiger partial charge in [-0.25, -0.2) is 0 Å². The molecular weight excluding hydrogens is 392 g/mol. The standard InChI is InChI=1S/C25H26N2O4/c28-16-17-13-20-5-6-21(15-22(20)14-17)18-1-3-19(4-2-18)23(29)26-9-11-27(12-10-26)24(30)25(31)7-8-25/h1-6,13-15,17,28,31H,7-12,16H2. The zero-order valence-electron chi connectivity index (χ0n) is 17.3. The van der Waals surface area contributed by atoms with Gasteiger partial charge in [0.1, 0.15) is 5.60 Å². The van der Waals surface area contributed by atoms with Crippen molar-refractivity contribution in [3.05, 3.63) is 58.5 Å². The first-order chi connectivity index (χ1) is 15.0. The minimum atomic E-state index is -1.14. The monoisotopic (exact) mass is 418 g/mol. The number of fused-ring (bicyclic) bond motifs is 1. The highest BCUT2D eigenvalue weighted by Gasteiger charge is 2.50. The number of amides is 2.